The number of hydrogen-bond donors (Lipinski definition) is 2. The molecule has 0 aliphatic rings. The van der Waals surface area contributed by atoms with E-state index < -0.39 is 0 Å². The SMILES string of the molecule is CC[C@H](C)NC(=O)NC[C@H](c1ccccc1)N(C)C. The quantitative estimate of drug-likeness (QED) is 0.827. The molecule has 1 aromatic carbocycles. The van der Waals surface area contributed by atoms with Gasteiger partial charge in [0.2, 0.25) is 0 Å². The van der Waals surface area contributed by atoms with Gasteiger partial charge in [-0.1, -0.05) is 37.3 Å². The highest BCUT2D eigenvalue weighted by Gasteiger charge is 2.15. The van der Waals surface area contributed by atoms with Gasteiger partial charge in [0.1, 0.15) is 0 Å². The molecule has 1 aromatic rings. The Morgan fingerprint density at radius 1 is 1.26 bits per heavy atom. The molecule has 106 valence electrons. The lowest BCUT2D eigenvalue weighted by atomic mass is 10.1. The lowest BCUT2D eigenvalue weighted by Crippen LogP contribution is -2.43. The van der Waals surface area contributed by atoms with E-state index in [2.05, 4.69) is 34.6 Å². The van der Waals surface area contributed by atoms with Gasteiger partial charge in [0.15, 0.2) is 0 Å². The third kappa shape index (κ3) is 5.30. The number of amides is 2. The van der Waals surface area contributed by atoms with Gasteiger partial charge in [0.25, 0.3) is 0 Å². The van der Waals surface area contributed by atoms with Crippen molar-refractivity contribution in [2.75, 3.05) is 20.6 Å². The molecule has 0 bridgehead atoms. The molecular formula is C15H25N3O. The average Bonchev–Trinajstić information content (AvgIpc) is 2.39. The normalized spacial score (nSPS) is 13.9. The summed E-state index contributed by atoms with van der Waals surface area (Å²) in [5, 5.41) is 5.84. The van der Waals surface area contributed by atoms with Crippen molar-refractivity contribution in [3.63, 3.8) is 0 Å². The zero-order chi connectivity index (χ0) is 14.3. The zero-order valence-corrected chi connectivity index (χ0v) is 12.3. The summed E-state index contributed by atoms with van der Waals surface area (Å²) in [5.41, 5.74) is 1.20. The number of rotatable bonds is 6. The molecular weight excluding hydrogens is 238 g/mol. The van der Waals surface area contributed by atoms with E-state index in [1.165, 1.54) is 5.56 Å². The lowest BCUT2D eigenvalue weighted by molar-refractivity contribution is 0.229. The molecule has 19 heavy (non-hydrogen) atoms. The number of nitrogens with zero attached hydrogens (tertiary/aromatic N) is 1. The first-order chi connectivity index (χ1) is 9.04. The number of benzene rings is 1. The van der Waals surface area contributed by atoms with Crippen LogP contribution in [0.3, 0.4) is 0 Å². The van der Waals surface area contributed by atoms with E-state index in [-0.39, 0.29) is 18.1 Å². The van der Waals surface area contributed by atoms with Crippen LogP contribution >= 0.6 is 0 Å². The van der Waals surface area contributed by atoms with Crippen molar-refractivity contribution in [3.8, 4) is 0 Å². The Morgan fingerprint density at radius 3 is 2.42 bits per heavy atom. The van der Waals surface area contributed by atoms with Crippen molar-refractivity contribution in [1.29, 1.82) is 0 Å². The predicted octanol–water partition coefficient (Wildman–Crippen LogP) is 2.39. The number of hydrogen-bond acceptors (Lipinski definition) is 2. The third-order valence-corrected chi connectivity index (χ3v) is 3.25. The number of nitrogens with one attached hydrogen (secondary N) is 2. The highest BCUT2D eigenvalue weighted by molar-refractivity contribution is 5.74. The molecule has 4 heteroatoms. The molecule has 2 atom stereocenters. The topological polar surface area (TPSA) is 44.4 Å². The maximum absolute atomic E-state index is 11.7. The first kappa shape index (κ1) is 15.5. The van der Waals surface area contributed by atoms with Gasteiger partial charge < -0.3 is 15.5 Å². The van der Waals surface area contributed by atoms with Crippen molar-refractivity contribution < 1.29 is 4.79 Å². The van der Waals surface area contributed by atoms with Crippen molar-refractivity contribution in [2.45, 2.75) is 32.4 Å². The van der Waals surface area contributed by atoms with Gasteiger partial charge in [-0.05, 0) is 33.0 Å². The van der Waals surface area contributed by atoms with Crippen LogP contribution in [0.25, 0.3) is 0 Å². The van der Waals surface area contributed by atoms with Gasteiger partial charge in [0, 0.05) is 12.6 Å². The number of urea groups is 1. The van der Waals surface area contributed by atoms with E-state index >= 15 is 0 Å². The summed E-state index contributed by atoms with van der Waals surface area (Å²) >= 11 is 0. The Kier molecular flexibility index (Phi) is 6.36. The minimum atomic E-state index is -0.0999. The van der Waals surface area contributed by atoms with Crippen molar-refractivity contribution in [1.82, 2.24) is 15.5 Å². The fraction of sp³-hybridized carbons (Fsp3) is 0.533. The van der Waals surface area contributed by atoms with Crippen LogP contribution in [0.2, 0.25) is 0 Å². The molecule has 0 aromatic heterocycles. The molecule has 0 unspecified atom stereocenters. The second kappa shape index (κ2) is 7.79. The van der Waals surface area contributed by atoms with Gasteiger partial charge in [0.05, 0.1) is 6.04 Å². The van der Waals surface area contributed by atoms with E-state index in [0.29, 0.717) is 6.54 Å². The summed E-state index contributed by atoms with van der Waals surface area (Å²) in [6, 6.07) is 10.5. The Labute approximate surface area is 116 Å². The molecule has 2 N–H and O–H groups in total. The fourth-order valence-corrected chi connectivity index (χ4v) is 1.84. The third-order valence-electron chi connectivity index (χ3n) is 3.25. The van der Waals surface area contributed by atoms with Crippen molar-refractivity contribution >= 4 is 6.03 Å². The Morgan fingerprint density at radius 2 is 1.89 bits per heavy atom. The highest BCUT2D eigenvalue weighted by Crippen LogP contribution is 2.16. The summed E-state index contributed by atoms with van der Waals surface area (Å²) < 4.78 is 0. The van der Waals surface area contributed by atoms with Gasteiger partial charge >= 0.3 is 6.03 Å². The monoisotopic (exact) mass is 263 g/mol. The first-order valence-corrected chi connectivity index (χ1v) is 6.80. The van der Waals surface area contributed by atoms with Crippen LogP contribution in [0.4, 0.5) is 4.79 Å². The molecule has 0 aliphatic carbocycles. The van der Waals surface area contributed by atoms with E-state index in [1.807, 2.05) is 39.2 Å². The molecule has 0 spiro atoms. The minimum absolute atomic E-state index is 0.0999. The smallest absolute Gasteiger partial charge is 0.315 e. The first-order valence-electron chi connectivity index (χ1n) is 6.80. The predicted molar refractivity (Wildman–Crippen MR) is 79.2 cm³/mol. The van der Waals surface area contributed by atoms with Crippen LogP contribution in [0, 0.1) is 0 Å². The second-order valence-corrected chi connectivity index (χ2v) is 5.05. The van der Waals surface area contributed by atoms with E-state index in [0.717, 1.165) is 6.42 Å². The van der Waals surface area contributed by atoms with Gasteiger partial charge in [-0.2, -0.15) is 0 Å². The summed E-state index contributed by atoms with van der Waals surface area (Å²) in [6.07, 6.45) is 0.934. The summed E-state index contributed by atoms with van der Waals surface area (Å²) in [7, 11) is 4.04. The summed E-state index contributed by atoms with van der Waals surface area (Å²) in [5.74, 6) is 0. The molecule has 0 heterocycles. The van der Waals surface area contributed by atoms with Crippen LogP contribution < -0.4 is 10.6 Å². The lowest BCUT2D eigenvalue weighted by Gasteiger charge is -2.25. The summed E-state index contributed by atoms with van der Waals surface area (Å²) in [6.45, 7) is 4.65. The van der Waals surface area contributed by atoms with Crippen molar-refractivity contribution in [3.05, 3.63) is 35.9 Å². The van der Waals surface area contributed by atoms with E-state index in [1.54, 1.807) is 0 Å². The average molecular weight is 263 g/mol. The molecule has 1 rings (SSSR count). The van der Waals surface area contributed by atoms with Gasteiger partial charge in [-0.3, -0.25) is 0 Å². The van der Waals surface area contributed by atoms with Crippen LogP contribution in [0.15, 0.2) is 30.3 Å². The molecule has 0 fully saturated rings. The van der Waals surface area contributed by atoms with E-state index in [9.17, 15) is 4.79 Å². The number of carbonyl (C=O) groups is 1. The maximum Gasteiger partial charge on any atom is 0.315 e. The largest absolute Gasteiger partial charge is 0.336 e. The van der Waals surface area contributed by atoms with Gasteiger partial charge in [-0.25, -0.2) is 4.79 Å². The Hall–Kier alpha value is -1.55. The standard InChI is InChI=1S/C15H25N3O/c1-5-12(2)17-15(19)16-11-14(18(3)4)13-9-7-6-8-10-13/h6-10,12,14H,5,11H2,1-4H3,(H2,16,17,19)/t12-,14+/m0/s1. The highest BCUT2D eigenvalue weighted by atomic mass is 16.2. The molecule has 4 nitrogen and oxygen atoms in total. The molecule has 0 radical (unpaired) electrons. The van der Waals surface area contributed by atoms with Crippen LogP contribution in [0.5, 0.6) is 0 Å². The van der Waals surface area contributed by atoms with Crippen LogP contribution in [-0.2, 0) is 0 Å². The molecule has 0 saturated carbocycles. The fourth-order valence-electron chi connectivity index (χ4n) is 1.84. The zero-order valence-electron chi connectivity index (χ0n) is 12.3. The van der Waals surface area contributed by atoms with Crippen molar-refractivity contribution in [2.24, 2.45) is 0 Å². The molecule has 0 aliphatic heterocycles. The Bertz CT molecular complexity index is 378. The van der Waals surface area contributed by atoms with E-state index in [4.69, 9.17) is 0 Å². The van der Waals surface area contributed by atoms with Crippen LogP contribution in [0.1, 0.15) is 31.9 Å². The molecule has 0 saturated heterocycles. The number of likely N-dealkylation sites (N-methyl/N-ethyl adjacent to an activating group) is 1. The summed E-state index contributed by atoms with van der Waals surface area (Å²) in [4.78, 5) is 13.8. The minimum Gasteiger partial charge on any atom is -0.336 e. The second-order valence-electron chi connectivity index (χ2n) is 5.05. The Balaban J connectivity index is 2.54. The number of carbonyl (C=O) groups excluding carboxylic acids is 1. The van der Waals surface area contributed by atoms with Gasteiger partial charge in [-0.15, -0.1) is 0 Å². The van der Waals surface area contributed by atoms with Crippen LogP contribution in [-0.4, -0.2) is 37.6 Å². The molecule has 2 amide bonds. The maximum atomic E-state index is 11.7.